The van der Waals surface area contributed by atoms with Crippen molar-refractivity contribution in [2.45, 2.75) is 25.2 Å². The van der Waals surface area contributed by atoms with Crippen molar-refractivity contribution in [1.29, 1.82) is 0 Å². The van der Waals surface area contributed by atoms with E-state index in [0.29, 0.717) is 5.92 Å². The Morgan fingerprint density at radius 2 is 2.21 bits per heavy atom. The second-order valence-electron chi connectivity index (χ2n) is 4.04. The average Bonchev–Trinajstić information content (AvgIpc) is 2.93. The molecule has 0 aromatic heterocycles. The smallest absolute Gasteiger partial charge is 0.126 e. The van der Waals surface area contributed by atoms with Crippen LogP contribution in [0.2, 0.25) is 0 Å². The van der Waals surface area contributed by atoms with Crippen LogP contribution in [-0.2, 0) is 5.41 Å². The Kier molecular flexibility index (Phi) is 2.65. The van der Waals surface area contributed by atoms with Gasteiger partial charge in [0.25, 0.3) is 0 Å². The predicted octanol–water partition coefficient (Wildman–Crippen LogP) is 3.89. The molecule has 0 nitrogen and oxygen atoms in total. The summed E-state index contributed by atoms with van der Waals surface area (Å²) in [7, 11) is 0. The molecule has 1 aromatic rings. The maximum atomic E-state index is 13.6. The van der Waals surface area contributed by atoms with Crippen molar-refractivity contribution in [2.75, 3.05) is 5.33 Å². The third-order valence-corrected chi connectivity index (χ3v) is 4.24. The highest BCUT2D eigenvalue weighted by molar-refractivity contribution is 9.09. The van der Waals surface area contributed by atoms with Crippen LogP contribution < -0.4 is 0 Å². The fourth-order valence-electron chi connectivity index (χ4n) is 2.40. The Morgan fingerprint density at radius 1 is 1.50 bits per heavy atom. The van der Waals surface area contributed by atoms with E-state index in [4.69, 9.17) is 0 Å². The van der Waals surface area contributed by atoms with Gasteiger partial charge in [-0.1, -0.05) is 41.1 Å². The van der Waals surface area contributed by atoms with Gasteiger partial charge < -0.3 is 0 Å². The van der Waals surface area contributed by atoms with Crippen molar-refractivity contribution in [3.05, 3.63) is 35.6 Å². The van der Waals surface area contributed by atoms with Crippen molar-refractivity contribution >= 4 is 15.9 Å². The van der Waals surface area contributed by atoms with E-state index in [1.54, 1.807) is 12.1 Å². The first-order chi connectivity index (χ1) is 6.74. The zero-order valence-corrected chi connectivity index (χ0v) is 9.85. The van der Waals surface area contributed by atoms with Crippen molar-refractivity contribution in [1.82, 2.24) is 0 Å². The van der Waals surface area contributed by atoms with Gasteiger partial charge in [-0.25, -0.2) is 4.39 Å². The highest BCUT2D eigenvalue weighted by atomic mass is 79.9. The first-order valence-electron chi connectivity index (χ1n) is 5.05. The minimum atomic E-state index is -0.0437. The molecular formula is C12H14BrF. The van der Waals surface area contributed by atoms with E-state index in [2.05, 4.69) is 22.9 Å². The topological polar surface area (TPSA) is 0 Å². The monoisotopic (exact) mass is 256 g/mol. The van der Waals surface area contributed by atoms with E-state index in [0.717, 1.165) is 23.7 Å². The molecule has 0 heterocycles. The van der Waals surface area contributed by atoms with Gasteiger partial charge >= 0.3 is 0 Å². The van der Waals surface area contributed by atoms with Gasteiger partial charge in [0, 0.05) is 10.7 Å². The largest absolute Gasteiger partial charge is 0.207 e. The van der Waals surface area contributed by atoms with Gasteiger partial charge in [0.2, 0.25) is 0 Å². The molecule has 76 valence electrons. The lowest BCUT2D eigenvalue weighted by molar-refractivity contribution is 0.540. The number of benzene rings is 1. The van der Waals surface area contributed by atoms with Crippen molar-refractivity contribution < 1.29 is 4.39 Å². The fourth-order valence-corrected chi connectivity index (χ4v) is 3.25. The minimum absolute atomic E-state index is 0.0437. The zero-order chi connectivity index (χ0) is 10.2. The van der Waals surface area contributed by atoms with Gasteiger partial charge in [-0.3, -0.25) is 0 Å². The number of alkyl halides is 1. The summed E-state index contributed by atoms with van der Waals surface area (Å²) in [6.45, 7) is 2.15. The molecule has 2 heteroatoms. The van der Waals surface area contributed by atoms with Crippen molar-refractivity contribution in [3.8, 4) is 0 Å². The van der Waals surface area contributed by atoms with Crippen LogP contribution in [0.1, 0.15) is 25.3 Å². The van der Waals surface area contributed by atoms with Crippen molar-refractivity contribution in [3.63, 3.8) is 0 Å². The lowest BCUT2D eigenvalue weighted by atomic mass is 9.90. The molecule has 0 spiro atoms. The number of halogens is 2. The predicted molar refractivity (Wildman–Crippen MR) is 60.3 cm³/mol. The normalized spacial score (nSPS) is 30.4. The molecule has 0 amide bonds. The van der Waals surface area contributed by atoms with Crippen LogP contribution in [0.15, 0.2) is 24.3 Å². The summed E-state index contributed by atoms with van der Waals surface area (Å²) in [5.74, 6) is 0.571. The van der Waals surface area contributed by atoms with E-state index >= 15 is 0 Å². The first-order valence-corrected chi connectivity index (χ1v) is 6.17. The van der Waals surface area contributed by atoms with E-state index in [-0.39, 0.29) is 11.2 Å². The molecule has 1 saturated carbocycles. The molecule has 0 aliphatic heterocycles. The van der Waals surface area contributed by atoms with Gasteiger partial charge in [0.05, 0.1) is 0 Å². The summed E-state index contributed by atoms with van der Waals surface area (Å²) in [6.07, 6.45) is 2.15. The zero-order valence-electron chi connectivity index (χ0n) is 8.26. The van der Waals surface area contributed by atoms with Gasteiger partial charge in [-0.2, -0.15) is 0 Å². The van der Waals surface area contributed by atoms with Crippen LogP contribution in [0.5, 0.6) is 0 Å². The Balaban J connectivity index is 2.35. The quantitative estimate of drug-likeness (QED) is 0.720. The summed E-state index contributed by atoms with van der Waals surface area (Å²) in [6, 6.07) is 7.19. The molecule has 2 atom stereocenters. The second kappa shape index (κ2) is 3.65. The average molecular weight is 257 g/mol. The minimum Gasteiger partial charge on any atom is -0.207 e. The summed E-state index contributed by atoms with van der Waals surface area (Å²) < 4.78 is 13.6. The van der Waals surface area contributed by atoms with Gasteiger partial charge in [-0.05, 0) is 30.4 Å². The van der Waals surface area contributed by atoms with Gasteiger partial charge in [0.1, 0.15) is 5.82 Å². The van der Waals surface area contributed by atoms with Crippen LogP contribution in [0.25, 0.3) is 0 Å². The molecule has 1 fully saturated rings. The Morgan fingerprint density at radius 3 is 2.71 bits per heavy atom. The molecule has 1 aliphatic rings. The van der Waals surface area contributed by atoms with E-state index in [9.17, 15) is 4.39 Å². The van der Waals surface area contributed by atoms with Gasteiger partial charge in [-0.15, -0.1) is 0 Å². The van der Waals surface area contributed by atoms with Crippen LogP contribution in [0, 0.1) is 11.7 Å². The highest BCUT2D eigenvalue weighted by Gasteiger charge is 2.53. The molecule has 0 N–H and O–H groups in total. The summed E-state index contributed by atoms with van der Waals surface area (Å²) in [5.41, 5.74) is 1.03. The van der Waals surface area contributed by atoms with Crippen LogP contribution in [0.3, 0.4) is 0 Å². The third kappa shape index (κ3) is 1.40. The SMILES string of the molecule is CCC1(c2ccccc2F)CC1CBr. The summed E-state index contributed by atoms with van der Waals surface area (Å²) in [4.78, 5) is 0. The lowest BCUT2D eigenvalue weighted by Gasteiger charge is -2.15. The van der Waals surface area contributed by atoms with E-state index < -0.39 is 0 Å². The fraction of sp³-hybridized carbons (Fsp3) is 0.500. The molecule has 14 heavy (non-hydrogen) atoms. The van der Waals surface area contributed by atoms with E-state index in [1.807, 2.05) is 12.1 Å². The van der Waals surface area contributed by atoms with Crippen molar-refractivity contribution in [2.24, 2.45) is 5.92 Å². The van der Waals surface area contributed by atoms with Crippen LogP contribution in [-0.4, -0.2) is 5.33 Å². The maximum absolute atomic E-state index is 13.6. The van der Waals surface area contributed by atoms with Gasteiger partial charge in [0.15, 0.2) is 0 Å². The Bertz CT molecular complexity index is 337. The molecule has 1 aliphatic carbocycles. The molecule has 1 aromatic carbocycles. The number of hydrogen-bond acceptors (Lipinski definition) is 0. The number of hydrogen-bond donors (Lipinski definition) is 0. The Labute approximate surface area is 92.6 Å². The summed E-state index contributed by atoms with van der Waals surface area (Å²) >= 11 is 3.49. The molecule has 0 bridgehead atoms. The molecular weight excluding hydrogens is 243 g/mol. The molecule has 0 saturated heterocycles. The van der Waals surface area contributed by atoms with E-state index in [1.165, 1.54) is 0 Å². The highest BCUT2D eigenvalue weighted by Crippen LogP contribution is 2.57. The molecule has 2 unspecified atom stereocenters. The number of rotatable bonds is 3. The third-order valence-electron chi connectivity index (χ3n) is 3.46. The molecule has 2 rings (SSSR count). The second-order valence-corrected chi connectivity index (χ2v) is 4.69. The van der Waals surface area contributed by atoms with Crippen LogP contribution in [0.4, 0.5) is 4.39 Å². The first kappa shape index (κ1) is 10.2. The standard InChI is InChI=1S/C12H14BrF/c1-2-12(7-9(12)8-13)10-5-3-4-6-11(10)14/h3-6,9H,2,7-8H2,1H3. The molecule has 0 radical (unpaired) electrons. The summed E-state index contributed by atoms with van der Waals surface area (Å²) in [5, 5.41) is 0.981. The Hall–Kier alpha value is -0.370. The van der Waals surface area contributed by atoms with Crippen LogP contribution >= 0.6 is 15.9 Å². The lowest BCUT2D eigenvalue weighted by Crippen LogP contribution is -2.11. The maximum Gasteiger partial charge on any atom is 0.126 e.